The third-order valence-corrected chi connectivity index (χ3v) is 3.45. The van der Waals surface area contributed by atoms with Crippen molar-refractivity contribution in [2.24, 2.45) is 0 Å². The molecule has 0 aliphatic heterocycles. The number of halogens is 2. The molecule has 2 N–H and O–H groups in total. The maximum absolute atomic E-state index is 12.0. The van der Waals surface area contributed by atoms with Crippen LogP contribution in [0.2, 0.25) is 10.0 Å². The van der Waals surface area contributed by atoms with Gasteiger partial charge in [0.2, 0.25) is 0 Å². The van der Waals surface area contributed by atoms with E-state index in [1.54, 1.807) is 25.1 Å². The predicted octanol–water partition coefficient (Wildman–Crippen LogP) is 4.02. The van der Waals surface area contributed by atoms with Crippen LogP contribution in [-0.2, 0) is 4.79 Å². The molecule has 0 atom stereocenters. The molecule has 2 rings (SSSR count). The Hall–Kier alpha value is -2.24. The second-order valence-electron chi connectivity index (χ2n) is 4.74. The number of hydrogen-bond acceptors (Lipinski definition) is 3. The summed E-state index contributed by atoms with van der Waals surface area (Å²) in [6, 6.07) is 9.16. The van der Waals surface area contributed by atoms with Crippen LogP contribution >= 0.6 is 23.2 Å². The number of benzene rings is 2. The Morgan fingerprint density at radius 1 is 1.13 bits per heavy atom. The van der Waals surface area contributed by atoms with Gasteiger partial charge in [-0.3, -0.25) is 4.79 Å². The van der Waals surface area contributed by atoms with Gasteiger partial charge in [-0.05, 0) is 48.9 Å². The lowest BCUT2D eigenvalue weighted by Crippen LogP contribution is -2.21. The lowest BCUT2D eigenvalue weighted by atomic mass is 10.2. The second kappa shape index (κ2) is 7.35. The zero-order valence-corrected chi connectivity index (χ0v) is 13.6. The van der Waals surface area contributed by atoms with Crippen LogP contribution in [0, 0.1) is 6.92 Å². The number of aryl methyl sites for hydroxylation is 1. The number of amides is 1. The van der Waals surface area contributed by atoms with Gasteiger partial charge < -0.3 is 15.2 Å². The molecule has 0 bridgehead atoms. The van der Waals surface area contributed by atoms with Crippen LogP contribution in [-0.4, -0.2) is 23.6 Å². The van der Waals surface area contributed by atoms with Gasteiger partial charge in [0.15, 0.2) is 6.61 Å². The highest BCUT2D eigenvalue weighted by Crippen LogP contribution is 2.23. The van der Waals surface area contributed by atoms with Gasteiger partial charge in [0.05, 0.1) is 11.3 Å². The largest absolute Gasteiger partial charge is 0.483 e. The number of aromatic carboxylic acids is 1. The fourth-order valence-electron chi connectivity index (χ4n) is 1.91. The van der Waals surface area contributed by atoms with Crippen LogP contribution in [0.4, 0.5) is 5.69 Å². The summed E-state index contributed by atoms with van der Waals surface area (Å²) in [5, 5.41) is 12.5. The molecule has 0 aliphatic rings. The lowest BCUT2D eigenvalue weighted by molar-refractivity contribution is -0.118. The van der Waals surface area contributed by atoms with Gasteiger partial charge >= 0.3 is 5.97 Å². The number of hydrogen-bond donors (Lipinski definition) is 2. The highest BCUT2D eigenvalue weighted by molar-refractivity contribution is 6.31. The van der Waals surface area contributed by atoms with Crippen molar-refractivity contribution in [2.75, 3.05) is 11.9 Å². The van der Waals surface area contributed by atoms with E-state index >= 15 is 0 Å². The Morgan fingerprint density at radius 2 is 1.78 bits per heavy atom. The molecule has 0 aromatic heterocycles. The van der Waals surface area contributed by atoms with Gasteiger partial charge in [-0.2, -0.15) is 0 Å². The summed E-state index contributed by atoms with van der Waals surface area (Å²) in [5.74, 6) is -1.13. The minimum absolute atomic E-state index is 0.0505. The fourth-order valence-corrected chi connectivity index (χ4v) is 2.31. The van der Waals surface area contributed by atoms with Gasteiger partial charge in [0.25, 0.3) is 5.91 Å². The molecule has 2 aromatic carbocycles. The topological polar surface area (TPSA) is 75.6 Å². The van der Waals surface area contributed by atoms with Crippen LogP contribution in [0.3, 0.4) is 0 Å². The molecule has 5 nitrogen and oxygen atoms in total. The Labute approximate surface area is 142 Å². The maximum Gasteiger partial charge on any atom is 0.337 e. The van der Waals surface area contributed by atoms with Crippen LogP contribution < -0.4 is 10.1 Å². The van der Waals surface area contributed by atoms with Crippen molar-refractivity contribution in [3.8, 4) is 5.75 Å². The number of carbonyl (C=O) groups excluding carboxylic acids is 1. The number of ether oxygens (including phenoxy) is 1. The molecule has 0 saturated carbocycles. The number of carbonyl (C=O) groups is 2. The molecule has 23 heavy (non-hydrogen) atoms. The summed E-state index contributed by atoms with van der Waals surface area (Å²) in [4.78, 5) is 23.1. The molecular formula is C16H13Cl2NO4. The summed E-state index contributed by atoms with van der Waals surface area (Å²) in [6.45, 7) is 1.53. The van der Waals surface area contributed by atoms with Crippen LogP contribution in [0.5, 0.6) is 5.75 Å². The number of carboxylic acids is 1. The van der Waals surface area contributed by atoms with Gasteiger partial charge in [0.1, 0.15) is 5.75 Å². The minimum Gasteiger partial charge on any atom is -0.483 e. The van der Waals surface area contributed by atoms with E-state index in [1.165, 1.54) is 18.2 Å². The molecule has 0 radical (unpaired) electrons. The molecule has 0 spiro atoms. The summed E-state index contributed by atoms with van der Waals surface area (Å²) in [6.07, 6.45) is 0. The van der Waals surface area contributed by atoms with Crippen LogP contribution in [0.1, 0.15) is 15.9 Å². The van der Waals surface area contributed by atoms with Gasteiger partial charge in [0, 0.05) is 10.0 Å². The van der Waals surface area contributed by atoms with E-state index in [2.05, 4.69) is 5.32 Å². The highest BCUT2D eigenvalue weighted by Gasteiger charge is 2.13. The molecule has 0 heterocycles. The zero-order valence-electron chi connectivity index (χ0n) is 12.1. The molecule has 0 aliphatic carbocycles. The van der Waals surface area contributed by atoms with Crippen molar-refractivity contribution in [2.45, 2.75) is 6.92 Å². The first-order chi connectivity index (χ1) is 10.9. The molecule has 0 unspecified atom stereocenters. The van der Waals surface area contributed by atoms with E-state index in [0.717, 1.165) is 5.56 Å². The predicted molar refractivity (Wildman–Crippen MR) is 88.7 cm³/mol. The number of carboxylic acid groups (broad SMARTS) is 1. The molecular weight excluding hydrogens is 341 g/mol. The summed E-state index contributed by atoms with van der Waals surface area (Å²) in [7, 11) is 0. The van der Waals surface area contributed by atoms with E-state index in [1.807, 2.05) is 0 Å². The molecule has 1 amide bonds. The summed E-state index contributed by atoms with van der Waals surface area (Å²) in [5.41, 5.74) is 0.858. The summed E-state index contributed by atoms with van der Waals surface area (Å²) >= 11 is 11.7. The van der Waals surface area contributed by atoms with Crippen molar-refractivity contribution in [1.29, 1.82) is 0 Å². The standard InChI is InChI=1S/C16H13Cl2NO4/c1-9-6-10(17)3-5-14(9)23-8-15(20)19-13-7-11(18)2-4-12(13)16(21)22/h2-7H,8H2,1H3,(H,19,20)(H,21,22). The van der Waals surface area contributed by atoms with Gasteiger partial charge in [-0.25, -0.2) is 4.79 Å². The SMILES string of the molecule is Cc1cc(Cl)ccc1OCC(=O)Nc1cc(Cl)ccc1C(=O)O. The molecule has 0 fully saturated rings. The van der Waals surface area contributed by atoms with Crippen LogP contribution in [0.15, 0.2) is 36.4 Å². The van der Waals surface area contributed by atoms with E-state index < -0.39 is 11.9 Å². The minimum atomic E-state index is -1.16. The Morgan fingerprint density at radius 3 is 2.43 bits per heavy atom. The normalized spacial score (nSPS) is 10.2. The van der Waals surface area contributed by atoms with Crippen molar-refractivity contribution in [1.82, 2.24) is 0 Å². The molecule has 120 valence electrons. The third kappa shape index (κ3) is 4.61. The van der Waals surface area contributed by atoms with Crippen LogP contribution in [0.25, 0.3) is 0 Å². The number of anilines is 1. The lowest BCUT2D eigenvalue weighted by Gasteiger charge is -2.11. The van der Waals surface area contributed by atoms with Crippen molar-refractivity contribution >= 4 is 40.8 Å². The van der Waals surface area contributed by atoms with Crippen molar-refractivity contribution in [3.63, 3.8) is 0 Å². The fraction of sp³-hybridized carbons (Fsp3) is 0.125. The maximum atomic E-state index is 12.0. The van der Waals surface area contributed by atoms with Crippen molar-refractivity contribution < 1.29 is 19.4 Å². The molecule has 0 saturated heterocycles. The van der Waals surface area contributed by atoms with Crippen molar-refractivity contribution in [3.05, 3.63) is 57.6 Å². The smallest absolute Gasteiger partial charge is 0.337 e. The average Bonchev–Trinajstić information content (AvgIpc) is 2.46. The highest BCUT2D eigenvalue weighted by atomic mass is 35.5. The van der Waals surface area contributed by atoms with Gasteiger partial charge in [-0.15, -0.1) is 0 Å². The average molecular weight is 354 g/mol. The first-order valence-electron chi connectivity index (χ1n) is 6.58. The zero-order chi connectivity index (χ0) is 17.0. The van der Waals surface area contributed by atoms with E-state index in [4.69, 9.17) is 33.0 Å². The molecule has 7 heteroatoms. The first kappa shape index (κ1) is 17.1. The van der Waals surface area contributed by atoms with E-state index in [9.17, 15) is 9.59 Å². The first-order valence-corrected chi connectivity index (χ1v) is 7.34. The third-order valence-electron chi connectivity index (χ3n) is 2.98. The number of rotatable bonds is 5. The van der Waals surface area contributed by atoms with E-state index in [-0.39, 0.29) is 17.9 Å². The Bertz CT molecular complexity index is 762. The van der Waals surface area contributed by atoms with Gasteiger partial charge in [-0.1, -0.05) is 23.2 Å². The Balaban J connectivity index is 2.05. The van der Waals surface area contributed by atoms with E-state index in [0.29, 0.717) is 15.8 Å². The quantitative estimate of drug-likeness (QED) is 0.851. The second-order valence-corrected chi connectivity index (χ2v) is 5.61. The monoisotopic (exact) mass is 353 g/mol. The molecule has 2 aromatic rings. The summed E-state index contributed by atoms with van der Waals surface area (Å²) < 4.78 is 5.41. The number of nitrogens with one attached hydrogen (secondary N) is 1. The Kier molecular flexibility index (Phi) is 5.47.